The van der Waals surface area contributed by atoms with Crippen molar-refractivity contribution < 1.29 is 19.2 Å². The average Bonchev–Trinajstić information content (AvgIpc) is 3.15. The number of nitrogens with one attached hydrogen (secondary N) is 1. The first-order valence-electron chi connectivity index (χ1n) is 8.83. The number of ether oxygens (including phenoxy) is 1. The Morgan fingerprint density at radius 1 is 1.20 bits per heavy atom. The van der Waals surface area contributed by atoms with E-state index < -0.39 is 22.9 Å². The SMILES string of the molecule is Cc1ccnn1-c1ccc(C(=O)OC(C)C(=O)Nc2cc([N+](=O)[O-])ccc2Cl)cc1. The van der Waals surface area contributed by atoms with Crippen LogP contribution in [0.3, 0.4) is 0 Å². The first-order chi connectivity index (χ1) is 14.3. The molecule has 0 aliphatic carbocycles. The lowest BCUT2D eigenvalue weighted by Gasteiger charge is -2.14. The normalized spacial score (nSPS) is 11.6. The van der Waals surface area contributed by atoms with Crippen molar-refractivity contribution in [3.63, 3.8) is 0 Å². The van der Waals surface area contributed by atoms with Crippen LogP contribution < -0.4 is 5.32 Å². The Morgan fingerprint density at radius 2 is 1.90 bits per heavy atom. The van der Waals surface area contributed by atoms with Crippen LogP contribution in [-0.4, -0.2) is 32.7 Å². The largest absolute Gasteiger partial charge is 0.449 e. The summed E-state index contributed by atoms with van der Waals surface area (Å²) in [6.07, 6.45) is 0.520. The number of non-ortho nitro benzene ring substituents is 1. The number of benzene rings is 2. The van der Waals surface area contributed by atoms with E-state index in [-0.39, 0.29) is 22.0 Å². The first kappa shape index (κ1) is 21.0. The monoisotopic (exact) mass is 428 g/mol. The zero-order valence-electron chi connectivity index (χ0n) is 16.0. The van der Waals surface area contributed by atoms with Crippen molar-refractivity contribution in [3.05, 3.63) is 81.1 Å². The van der Waals surface area contributed by atoms with Gasteiger partial charge in [-0.05, 0) is 50.2 Å². The van der Waals surface area contributed by atoms with Gasteiger partial charge in [0.15, 0.2) is 6.10 Å². The Hall–Kier alpha value is -3.72. The van der Waals surface area contributed by atoms with Gasteiger partial charge in [0.05, 0.1) is 26.9 Å². The van der Waals surface area contributed by atoms with Gasteiger partial charge >= 0.3 is 5.97 Å². The summed E-state index contributed by atoms with van der Waals surface area (Å²) < 4.78 is 6.91. The molecule has 1 amide bonds. The molecule has 0 fully saturated rings. The molecule has 0 bridgehead atoms. The van der Waals surface area contributed by atoms with E-state index in [1.54, 1.807) is 35.1 Å². The second-order valence-corrected chi connectivity index (χ2v) is 6.80. The van der Waals surface area contributed by atoms with Crippen molar-refractivity contribution in [2.75, 3.05) is 5.32 Å². The summed E-state index contributed by atoms with van der Waals surface area (Å²) in [7, 11) is 0. The van der Waals surface area contributed by atoms with Crippen molar-refractivity contribution in [2.24, 2.45) is 0 Å². The number of carbonyl (C=O) groups excluding carboxylic acids is 2. The van der Waals surface area contributed by atoms with Gasteiger partial charge < -0.3 is 10.1 Å². The standard InChI is InChI=1S/C20H17ClN4O5/c1-12-9-10-22-24(12)15-5-3-14(4-6-15)20(27)30-13(2)19(26)23-18-11-16(25(28)29)7-8-17(18)21/h3-11,13H,1-2H3,(H,23,26). The Kier molecular flexibility index (Phi) is 6.12. The molecule has 0 radical (unpaired) electrons. The van der Waals surface area contributed by atoms with Gasteiger partial charge in [-0.15, -0.1) is 0 Å². The van der Waals surface area contributed by atoms with E-state index in [9.17, 15) is 19.7 Å². The highest BCUT2D eigenvalue weighted by Gasteiger charge is 2.21. The number of nitro groups is 1. The molecule has 0 aliphatic heterocycles. The van der Waals surface area contributed by atoms with Crippen molar-refractivity contribution in [2.45, 2.75) is 20.0 Å². The molecule has 154 valence electrons. The molecule has 0 spiro atoms. The Bertz CT molecular complexity index is 1110. The molecular formula is C20H17ClN4O5. The zero-order valence-corrected chi connectivity index (χ0v) is 16.8. The van der Waals surface area contributed by atoms with Gasteiger partial charge in [0.25, 0.3) is 11.6 Å². The van der Waals surface area contributed by atoms with Gasteiger partial charge in [0.2, 0.25) is 0 Å². The Morgan fingerprint density at radius 3 is 2.50 bits per heavy atom. The molecule has 1 atom stereocenters. The molecule has 9 nitrogen and oxygen atoms in total. The minimum absolute atomic E-state index is 0.0534. The maximum atomic E-state index is 12.3. The summed E-state index contributed by atoms with van der Waals surface area (Å²) in [5.74, 6) is -1.36. The van der Waals surface area contributed by atoms with E-state index in [0.29, 0.717) is 0 Å². The summed E-state index contributed by atoms with van der Waals surface area (Å²) in [5.41, 5.74) is 1.80. The van der Waals surface area contributed by atoms with Crippen LogP contribution >= 0.6 is 11.6 Å². The number of hydrogen-bond acceptors (Lipinski definition) is 6. The number of nitrogens with zero attached hydrogens (tertiary/aromatic N) is 3. The van der Waals surface area contributed by atoms with Gasteiger partial charge in [-0.1, -0.05) is 11.6 Å². The number of nitro benzene ring substituents is 1. The third-order valence-electron chi connectivity index (χ3n) is 4.25. The second kappa shape index (κ2) is 8.75. The fraction of sp³-hybridized carbons (Fsp3) is 0.150. The van der Waals surface area contributed by atoms with Gasteiger partial charge in [-0.2, -0.15) is 5.10 Å². The van der Waals surface area contributed by atoms with E-state index in [4.69, 9.17) is 16.3 Å². The minimum Gasteiger partial charge on any atom is -0.449 e. The van der Waals surface area contributed by atoms with Crippen LogP contribution in [-0.2, 0) is 9.53 Å². The zero-order chi connectivity index (χ0) is 21.8. The number of amides is 1. The molecule has 0 saturated heterocycles. The maximum Gasteiger partial charge on any atom is 0.338 e. The summed E-state index contributed by atoms with van der Waals surface area (Å²) >= 11 is 5.97. The summed E-state index contributed by atoms with van der Waals surface area (Å²) in [6.45, 7) is 3.29. The van der Waals surface area contributed by atoms with Gasteiger partial charge in [0, 0.05) is 24.0 Å². The van der Waals surface area contributed by atoms with E-state index in [1.165, 1.54) is 19.1 Å². The fourth-order valence-electron chi connectivity index (χ4n) is 2.62. The van der Waals surface area contributed by atoms with Gasteiger partial charge in [-0.25, -0.2) is 9.48 Å². The van der Waals surface area contributed by atoms with Crippen LogP contribution in [0.2, 0.25) is 5.02 Å². The highest BCUT2D eigenvalue weighted by Crippen LogP contribution is 2.27. The van der Waals surface area contributed by atoms with Crippen molar-refractivity contribution >= 4 is 34.9 Å². The Labute approximate surface area is 176 Å². The summed E-state index contributed by atoms with van der Waals surface area (Å²) in [5, 5.41) is 17.6. The molecular weight excluding hydrogens is 412 g/mol. The lowest BCUT2D eigenvalue weighted by molar-refractivity contribution is -0.384. The number of carbonyl (C=O) groups is 2. The topological polar surface area (TPSA) is 116 Å². The van der Waals surface area contributed by atoms with Crippen molar-refractivity contribution in [1.82, 2.24) is 9.78 Å². The number of anilines is 1. The molecule has 1 N–H and O–H groups in total. The third kappa shape index (κ3) is 4.64. The molecule has 1 aromatic heterocycles. The van der Waals surface area contributed by atoms with Gasteiger partial charge in [-0.3, -0.25) is 14.9 Å². The Balaban J connectivity index is 1.65. The van der Waals surface area contributed by atoms with E-state index in [0.717, 1.165) is 17.4 Å². The number of aryl methyl sites for hydroxylation is 1. The molecule has 0 aliphatic rings. The highest BCUT2D eigenvalue weighted by molar-refractivity contribution is 6.33. The highest BCUT2D eigenvalue weighted by atomic mass is 35.5. The fourth-order valence-corrected chi connectivity index (χ4v) is 2.78. The van der Waals surface area contributed by atoms with Crippen LogP contribution in [0.1, 0.15) is 23.0 Å². The smallest absolute Gasteiger partial charge is 0.338 e. The van der Waals surface area contributed by atoms with Crippen LogP contribution in [0, 0.1) is 17.0 Å². The quantitative estimate of drug-likeness (QED) is 0.361. The third-order valence-corrected chi connectivity index (χ3v) is 4.58. The predicted molar refractivity (Wildman–Crippen MR) is 110 cm³/mol. The molecule has 0 saturated carbocycles. The maximum absolute atomic E-state index is 12.3. The molecule has 1 unspecified atom stereocenters. The average molecular weight is 429 g/mol. The van der Waals surface area contributed by atoms with Crippen molar-refractivity contribution in [3.8, 4) is 5.69 Å². The van der Waals surface area contributed by atoms with Crippen molar-refractivity contribution in [1.29, 1.82) is 0 Å². The molecule has 2 aromatic carbocycles. The number of halogens is 1. The van der Waals surface area contributed by atoms with E-state index in [2.05, 4.69) is 10.4 Å². The van der Waals surface area contributed by atoms with E-state index >= 15 is 0 Å². The molecule has 30 heavy (non-hydrogen) atoms. The van der Waals surface area contributed by atoms with Gasteiger partial charge in [0.1, 0.15) is 0 Å². The molecule has 1 heterocycles. The van der Waals surface area contributed by atoms with Crippen LogP contribution in [0.4, 0.5) is 11.4 Å². The van der Waals surface area contributed by atoms with Crippen LogP contribution in [0.5, 0.6) is 0 Å². The van der Waals surface area contributed by atoms with E-state index in [1.807, 2.05) is 13.0 Å². The number of rotatable bonds is 6. The number of aromatic nitrogens is 2. The summed E-state index contributed by atoms with van der Waals surface area (Å²) in [6, 6.07) is 12.1. The first-order valence-corrected chi connectivity index (χ1v) is 9.21. The summed E-state index contributed by atoms with van der Waals surface area (Å²) in [4.78, 5) is 35.0. The number of hydrogen-bond donors (Lipinski definition) is 1. The predicted octanol–water partition coefficient (Wildman–Crippen LogP) is 3.93. The molecule has 10 heteroatoms. The van der Waals surface area contributed by atoms with Crippen LogP contribution in [0.25, 0.3) is 5.69 Å². The molecule has 3 aromatic rings. The second-order valence-electron chi connectivity index (χ2n) is 6.39. The minimum atomic E-state index is -1.15. The lowest BCUT2D eigenvalue weighted by atomic mass is 10.2. The van der Waals surface area contributed by atoms with Crippen LogP contribution in [0.15, 0.2) is 54.7 Å². The number of esters is 1. The molecule has 3 rings (SSSR count). The lowest BCUT2D eigenvalue weighted by Crippen LogP contribution is -2.30.